The van der Waals surface area contributed by atoms with Crippen molar-refractivity contribution < 1.29 is 9.84 Å². The Hall–Kier alpha value is -2.06. The van der Waals surface area contributed by atoms with Crippen molar-refractivity contribution in [1.82, 2.24) is 0 Å². The molecule has 0 unspecified atom stereocenters. The lowest BCUT2D eigenvalue weighted by molar-refractivity contribution is 0.0951. The number of hydrogen-bond acceptors (Lipinski definition) is 2. The second-order valence-electron chi connectivity index (χ2n) is 6.83. The summed E-state index contributed by atoms with van der Waals surface area (Å²) in [5.74, 6) is 0.465. The van der Waals surface area contributed by atoms with E-state index >= 15 is 0 Å². The third kappa shape index (κ3) is 1.67. The van der Waals surface area contributed by atoms with Crippen LogP contribution in [0.15, 0.2) is 30.3 Å². The van der Waals surface area contributed by atoms with Crippen LogP contribution in [0.5, 0.6) is 5.75 Å². The first-order valence-corrected chi connectivity index (χ1v) is 8.53. The summed E-state index contributed by atoms with van der Waals surface area (Å²) in [6, 6.07) is 10.6. The number of methoxy groups -OCH3 is 1. The van der Waals surface area contributed by atoms with E-state index in [-0.39, 0.29) is 6.10 Å². The van der Waals surface area contributed by atoms with E-state index in [1.165, 1.54) is 38.2 Å². The largest absolute Gasteiger partial charge is 0.508 e. The lowest BCUT2D eigenvalue weighted by Gasteiger charge is -2.30. The molecular formula is C21H20O2. The van der Waals surface area contributed by atoms with Crippen molar-refractivity contribution in [3.05, 3.63) is 52.6 Å². The monoisotopic (exact) mass is 304 g/mol. The van der Waals surface area contributed by atoms with Crippen molar-refractivity contribution in [3.63, 3.8) is 0 Å². The molecule has 0 heterocycles. The van der Waals surface area contributed by atoms with Gasteiger partial charge in [0.1, 0.15) is 5.75 Å². The topological polar surface area (TPSA) is 29.5 Å². The van der Waals surface area contributed by atoms with Gasteiger partial charge in [0.2, 0.25) is 0 Å². The molecule has 0 bridgehead atoms. The van der Waals surface area contributed by atoms with Crippen LogP contribution in [0.3, 0.4) is 0 Å². The Morgan fingerprint density at radius 3 is 2.57 bits per heavy atom. The Morgan fingerprint density at radius 2 is 1.70 bits per heavy atom. The van der Waals surface area contributed by atoms with Crippen LogP contribution in [-0.2, 0) is 24.0 Å². The quantitative estimate of drug-likeness (QED) is 0.653. The van der Waals surface area contributed by atoms with Gasteiger partial charge in [0.25, 0.3) is 0 Å². The first kappa shape index (κ1) is 13.4. The molecule has 23 heavy (non-hydrogen) atoms. The van der Waals surface area contributed by atoms with Gasteiger partial charge in [-0.2, -0.15) is 0 Å². The molecule has 0 aromatic heterocycles. The number of aromatic hydroxyl groups is 1. The number of aryl methyl sites for hydroxylation is 3. The molecule has 2 nitrogen and oxygen atoms in total. The smallest absolute Gasteiger partial charge is 0.119 e. The minimum absolute atomic E-state index is 0.205. The molecule has 2 aliphatic rings. The molecule has 0 radical (unpaired) electrons. The molecule has 3 aromatic rings. The number of ether oxygens (including phenoxy) is 1. The molecule has 0 saturated carbocycles. The second-order valence-corrected chi connectivity index (χ2v) is 6.83. The van der Waals surface area contributed by atoms with Gasteiger partial charge in [0.05, 0.1) is 6.10 Å². The van der Waals surface area contributed by atoms with Gasteiger partial charge in [0, 0.05) is 12.7 Å². The standard InChI is InChI=1S/C21H20O2/c1-23-19-11-9-15-12-4-2-6-16-18(22)10-8-14(20(12)16)13-5-3-7-17(19)21(13)15/h3,5,7-8,10,19,22H,2,4,6,9,11H2,1H3/t19-/m1/s1. The predicted molar refractivity (Wildman–Crippen MR) is 93.2 cm³/mol. The zero-order chi connectivity index (χ0) is 15.6. The Labute approximate surface area is 135 Å². The molecule has 3 aromatic carbocycles. The van der Waals surface area contributed by atoms with E-state index in [2.05, 4.69) is 24.3 Å². The predicted octanol–water partition coefficient (Wildman–Crippen LogP) is 4.82. The number of phenols is 1. The normalized spacial score (nSPS) is 19.4. The lowest BCUT2D eigenvalue weighted by Crippen LogP contribution is -2.14. The van der Waals surface area contributed by atoms with Crippen molar-refractivity contribution in [2.45, 2.75) is 38.2 Å². The van der Waals surface area contributed by atoms with Gasteiger partial charge in [-0.05, 0) is 76.4 Å². The van der Waals surface area contributed by atoms with Crippen LogP contribution in [0, 0.1) is 0 Å². The zero-order valence-electron chi connectivity index (χ0n) is 13.4. The third-order valence-electron chi connectivity index (χ3n) is 5.78. The van der Waals surface area contributed by atoms with E-state index in [0.717, 1.165) is 37.7 Å². The number of phenolic OH excluding ortho intramolecular Hbond substituents is 1. The fourth-order valence-corrected chi connectivity index (χ4v) is 4.83. The average Bonchev–Trinajstić information content (AvgIpc) is 2.60. The maximum absolute atomic E-state index is 10.3. The van der Waals surface area contributed by atoms with Gasteiger partial charge in [0.15, 0.2) is 0 Å². The first-order chi connectivity index (χ1) is 11.3. The number of benzene rings is 3. The number of hydrogen-bond donors (Lipinski definition) is 1. The highest BCUT2D eigenvalue weighted by Gasteiger charge is 2.28. The van der Waals surface area contributed by atoms with Gasteiger partial charge in [-0.25, -0.2) is 0 Å². The second kappa shape index (κ2) is 4.72. The Morgan fingerprint density at radius 1 is 0.913 bits per heavy atom. The van der Waals surface area contributed by atoms with E-state index in [0.29, 0.717) is 5.75 Å². The third-order valence-corrected chi connectivity index (χ3v) is 5.78. The Kier molecular flexibility index (Phi) is 2.75. The van der Waals surface area contributed by atoms with Crippen LogP contribution in [0.2, 0.25) is 0 Å². The van der Waals surface area contributed by atoms with Gasteiger partial charge >= 0.3 is 0 Å². The fraction of sp³-hybridized carbons (Fsp3) is 0.333. The van der Waals surface area contributed by atoms with Gasteiger partial charge in [-0.15, -0.1) is 0 Å². The van der Waals surface area contributed by atoms with Crippen molar-refractivity contribution in [2.75, 3.05) is 7.11 Å². The summed E-state index contributed by atoms with van der Waals surface area (Å²) in [5, 5.41) is 15.7. The minimum Gasteiger partial charge on any atom is -0.508 e. The van der Waals surface area contributed by atoms with E-state index in [4.69, 9.17) is 4.74 Å². The van der Waals surface area contributed by atoms with Gasteiger partial charge in [-0.1, -0.05) is 24.3 Å². The van der Waals surface area contributed by atoms with Crippen LogP contribution in [0.4, 0.5) is 0 Å². The highest BCUT2D eigenvalue weighted by atomic mass is 16.5. The van der Waals surface area contributed by atoms with E-state index in [9.17, 15) is 5.11 Å². The summed E-state index contributed by atoms with van der Waals surface area (Å²) in [4.78, 5) is 0. The Bertz CT molecular complexity index is 955. The molecule has 0 amide bonds. The van der Waals surface area contributed by atoms with E-state index in [1.54, 1.807) is 0 Å². The summed E-state index contributed by atoms with van der Waals surface area (Å²) in [6.45, 7) is 0. The first-order valence-electron chi connectivity index (χ1n) is 8.53. The molecule has 2 aliphatic carbocycles. The van der Waals surface area contributed by atoms with Gasteiger partial charge < -0.3 is 9.84 Å². The average molecular weight is 304 g/mol. The van der Waals surface area contributed by atoms with Crippen LogP contribution in [0.25, 0.3) is 21.5 Å². The molecule has 2 heteroatoms. The van der Waals surface area contributed by atoms with Crippen molar-refractivity contribution in [2.24, 2.45) is 0 Å². The number of fused-ring (bicyclic) bond motifs is 2. The van der Waals surface area contributed by atoms with E-state index < -0.39 is 0 Å². The molecule has 0 saturated heterocycles. The summed E-state index contributed by atoms with van der Waals surface area (Å²) < 4.78 is 5.74. The molecule has 1 atom stereocenters. The van der Waals surface area contributed by atoms with Crippen molar-refractivity contribution in [3.8, 4) is 5.75 Å². The molecule has 0 fully saturated rings. The molecule has 5 rings (SSSR count). The summed E-state index contributed by atoms with van der Waals surface area (Å²) >= 11 is 0. The molecule has 0 aliphatic heterocycles. The van der Waals surface area contributed by atoms with Crippen LogP contribution < -0.4 is 0 Å². The SMILES string of the molecule is CO[C@@H]1CCc2c3c4c(c(O)ccc4c4cccc1c24)CCC3. The molecular weight excluding hydrogens is 284 g/mol. The fourth-order valence-electron chi connectivity index (χ4n) is 4.83. The lowest BCUT2D eigenvalue weighted by atomic mass is 9.77. The van der Waals surface area contributed by atoms with Crippen LogP contribution >= 0.6 is 0 Å². The van der Waals surface area contributed by atoms with Crippen molar-refractivity contribution >= 4 is 21.5 Å². The Balaban J connectivity index is 2.03. The van der Waals surface area contributed by atoms with Crippen LogP contribution in [0.1, 0.15) is 41.2 Å². The molecule has 1 N–H and O–H groups in total. The molecule has 0 spiro atoms. The maximum Gasteiger partial charge on any atom is 0.119 e. The summed E-state index contributed by atoms with van der Waals surface area (Å²) in [6.07, 6.45) is 5.58. The molecule has 116 valence electrons. The number of rotatable bonds is 1. The minimum atomic E-state index is 0.205. The highest BCUT2D eigenvalue weighted by molar-refractivity contribution is 6.13. The summed E-state index contributed by atoms with van der Waals surface area (Å²) in [5.41, 5.74) is 5.47. The summed E-state index contributed by atoms with van der Waals surface area (Å²) in [7, 11) is 1.82. The van der Waals surface area contributed by atoms with Crippen molar-refractivity contribution in [1.29, 1.82) is 0 Å². The highest BCUT2D eigenvalue weighted by Crippen LogP contribution is 2.46. The van der Waals surface area contributed by atoms with Gasteiger partial charge in [-0.3, -0.25) is 0 Å². The van der Waals surface area contributed by atoms with E-state index in [1.807, 2.05) is 13.2 Å². The maximum atomic E-state index is 10.3. The zero-order valence-corrected chi connectivity index (χ0v) is 13.4. The van der Waals surface area contributed by atoms with Crippen LogP contribution in [-0.4, -0.2) is 12.2 Å².